The van der Waals surface area contributed by atoms with Crippen LogP contribution < -0.4 is 5.73 Å². The molecule has 1 aromatic heterocycles. The Morgan fingerprint density at radius 2 is 2.10 bits per heavy atom. The first kappa shape index (κ1) is 17.2. The Kier molecular flexibility index (Phi) is 6.24. The molecule has 3 rings (SSSR count). The third-order valence-corrected chi connectivity index (χ3v) is 4.35. The fourth-order valence-electron chi connectivity index (χ4n) is 3.35. The van der Waals surface area contributed by atoms with Gasteiger partial charge in [0, 0.05) is 31.5 Å². The smallest absolute Gasteiger partial charge is 0.255 e. The van der Waals surface area contributed by atoms with Gasteiger partial charge in [-0.05, 0) is 36.8 Å². The van der Waals surface area contributed by atoms with Crippen LogP contribution in [0.4, 0.5) is 0 Å². The molecule has 3 unspecified atom stereocenters. The quantitative estimate of drug-likeness (QED) is 0.863. The van der Waals surface area contributed by atoms with Gasteiger partial charge >= 0.3 is 0 Å². The number of halogens is 2. The second-order valence-electron chi connectivity index (χ2n) is 5.47. The molecule has 2 heterocycles. The minimum absolute atomic E-state index is 0. The summed E-state index contributed by atoms with van der Waals surface area (Å²) in [5.74, 6) is 1.21. The van der Waals surface area contributed by atoms with Crippen molar-refractivity contribution >= 4 is 30.7 Å². The van der Waals surface area contributed by atoms with Crippen molar-refractivity contribution < 1.29 is 4.79 Å². The lowest BCUT2D eigenvalue weighted by atomic mass is 9.78. The number of amides is 1. The summed E-state index contributed by atoms with van der Waals surface area (Å²) in [6.45, 7) is 1.69. The summed E-state index contributed by atoms with van der Waals surface area (Å²) in [6, 6.07) is 3.91. The van der Waals surface area contributed by atoms with Crippen molar-refractivity contribution in [3.05, 3.63) is 30.1 Å². The summed E-state index contributed by atoms with van der Waals surface area (Å²) in [7, 11) is 0. The number of hydrogen-bond donors (Lipinski definition) is 1. The number of carbonyl (C=O) groups excluding carboxylic acids is 1. The molecule has 1 aromatic rings. The minimum atomic E-state index is 0. The summed E-state index contributed by atoms with van der Waals surface area (Å²) in [4.78, 5) is 18.3. The van der Waals surface area contributed by atoms with Crippen LogP contribution in [0.5, 0.6) is 0 Å². The fourth-order valence-corrected chi connectivity index (χ4v) is 3.35. The Bertz CT molecular complexity index is 443. The van der Waals surface area contributed by atoms with Gasteiger partial charge in [-0.15, -0.1) is 24.8 Å². The van der Waals surface area contributed by atoms with Gasteiger partial charge in [0.15, 0.2) is 0 Å². The van der Waals surface area contributed by atoms with E-state index in [1.54, 1.807) is 12.4 Å². The minimum Gasteiger partial charge on any atom is -0.338 e. The molecule has 0 aromatic carbocycles. The molecule has 4 nitrogen and oxygen atoms in total. The Labute approximate surface area is 131 Å². The number of aromatic nitrogens is 1. The third kappa shape index (κ3) is 3.25. The highest BCUT2D eigenvalue weighted by Gasteiger charge is 2.40. The van der Waals surface area contributed by atoms with E-state index in [4.69, 9.17) is 5.73 Å². The molecule has 0 spiro atoms. The first-order valence-electron chi connectivity index (χ1n) is 6.70. The van der Waals surface area contributed by atoms with E-state index in [9.17, 15) is 4.79 Å². The number of likely N-dealkylation sites (tertiary alicyclic amines) is 1. The fraction of sp³-hybridized carbons (Fsp3) is 0.571. The van der Waals surface area contributed by atoms with Crippen LogP contribution in [0.15, 0.2) is 24.5 Å². The molecular formula is C14H21Cl2N3O. The highest BCUT2D eigenvalue weighted by Crippen LogP contribution is 2.35. The highest BCUT2D eigenvalue weighted by molar-refractivity contribution is 5.94. The van der Waals surface area contributed by atoms with Crippen molar-refractivity contribution in [2.45, 2.75) is 25.3 Å². The number of fused-ring (bicyclic) bond motifs is 1. The highest BCUT2D eigenvalue weighted by atomic mass is 35.5. The molecule has 0 radical (unpaired) electrons. The van der Waals surface area contributed by atoms with Crippen molar-refractivity contribution in [2.24, 2.45) is 17.6 Å². The van der Waals surface area contributed by atoms with Crippen LogP contribution in [-0.2, 0) is 0 Å². The van der Waals surface area contributed by atoms with E-state index >= 15 is 0 Å². The van der Waals surface area contributed by atoms with E-state index < -0.39 is 0 Å². The van der Waals surface area contributed by atoms with E-state index in [1.165, 1.54) is 12.8 Å². The lowest BCUT2D eigenvalue weighted by Gasteiger charge is -2.29. The molecular weight excluding hydrogens is 297 g/mol. The zero-order valence-corrected chi connectivity index (χ0v) is 12.9. The Hall–Kier alpha value is -0.840. The SMILES string of the molecule is Cl.Cl.NC1CCCC2CN(C(=O)c3cccnc3)CC12. The molecule has 1 aliphatic carbocycles. The molecule has 1 saturated carbocycles. The molecule has 20 heavy (non-hydrogen) atoms. The van der Waals surface area contributed by atoms with Crippen LogP contribution >= 0.6 is 24.8 Å². The van der Waals surface area contributed by atoms with E-state index in [-0.39, 0.29) is 36.8 Å². The first-order chi connectivity index (χ1) is 8.75. The van der Waals surface area contributed by atoms with Crippen LogP contribution in [-0.4, -0.2) is 34.9 Å². The van der Waals surface area contributed by atoms with Gasteiger partial charge in [0.1, 0.15) is 0 Å². The van der Waals surface area contributed by atoms with E-state index in [1.807, 2.05) is 17.0 Å². The normalized spacial score (nSPS) is 28.1. The average Bonchev–Trinajstić information content (AvgIpc) is 2.84. The predicted molar refractivity (Wildman–Crippen MR) is 83.4 cm³/mol. The van der Waals surface area contributed by atoms with Crippen molar-refractivity contribution in [3.63, 3.8) is 0 Å². The number of nitrogens with two attached hydrogens (primary N) is 1. The van der Waals surface area contributed by atoms with Gasteiger partial charge in [-0.1, -0.05) is 6.42 Å². The molecule has 1 aliphatic heterocycles. The number of rotatable bonds is 1. The van der Waals surface area contributed by atoms with Crippen molar-refractivity contribution in [1.29, 1.82) is 0 Å². The molecule has 1 saturated heterocycles. The van der Waals surface area contributed by atoms with Gasteiger partial charge in [0.05, 0.1) is 5.56 Å². The molecule has 3 atom stereocenters. The number of nitrogens with zero attached hydrogens (tertiary/aromatic N) is 2. The summed E-state index contributed by atoms with van der Waals surface area (Å²) in [5, 5.41) is 0. The maximum atomic E-state index is 12.3. The van der Waals surface area contributed by atoms with Crippen molar-refractivity contribution in [1.82, 2.24) is 9.88 Å². The lowest BCUT2D eigenvalue weighted by Crippen LogP contribution is -2.38. The van der Waals surface area contributed by atoms with Crippen LogP contribution in [0.25, 0.3) is 0 Å². The molecule has 0 bridgehead atoms. The van der Waals surface area contributed by atoms with Gasteiger partial charge in [-0.2, -0.15) is 0 Å². The van der Waals surface area contributed by atoms with Gasteiger partial charge in [0.2, 0.25) is 0 Å². The summed E-state index contributed by atoms with van der Waals surface area (Å²) in [6.07, 6.45) is 6.86. The Balaban J connectivity index is 0.000001000. The molecule has 6 heteroatoms. The second kappa shape index (κ2) is 7.25. The largest absolute Gasteiger partial charge is 0.338 e. The van der Waals surface area contributed by atoms with E-state index in [0.717, 1.165) is 19.5 Å². The predicted octanol–water partition coefficient (Wildman–Crippen LogP) is 2.12. The maximum absolute atomic E-state index is 12.3. The van der Waals surface area contributed by atoms with Crippen molar-refractivity contribution in [2.75, 3.05) is 13.1 Å². The maximum Gasteiger partial charge on any atom is 0.255 e. The second-order valence-corrected chi connectivity index (χ2v) is 5.47. The Morgan fingerprint density at radius 3 is 2.75 bits per heavy atom. The molecule has 2 fully saturated rings. The van der Waals surface area contributed by atoms with Crippen LogP contribution in [0, 0.1) is 11.8 Å². The molecule has 2 N–H and O–H groups in total. The summed E-state index contributed by atoms with van der Waals surface area (Å²) >= 11 is 0. The molecule has 1 amide bonds. The zero-order chi connectivity index (χ0) is 12.5. The standard InChI is InChI=1S/C14H19N3O.2ClH/c15-13-5-1-3-11-8-17(9-12(11)13)14(18)10-4-2-6-16-7-10;;/h2,4,6-7,11-13H,1,3,5,8-9,15H2;2*1H. The summed E-state index contributed by atoms with van der Waals surface area (Å²) in [5.41, 5.74) is 6.86. The van der Waals surface area contributed by atoms with Crippen LogP contribution in [0.2, 0.25) is 0 Å². The van der Waals surface area contributed by atoms with Crippen molar-refractivity contribution in [3.8, 4) is 0 Å². The van der Waals surface area contributed by atoms with Gasteiger partial charge in [-0.25, -0.2) is 0 Å². The lowest BCUT2D eigenvalue weighted by molar-refractivity contribution is 0.0783. The number of pyridine rings is 1. The zero-order valence-electron chi connectivity index (χ0n) is 11.3. The molecule has 2 aliphatic rings. The van der Waals surface area contributed by atoms with Gasteiger partial charge < -0.3 is 10.6 Å². The molecule has 112 valence electrons. The van der Waals surface area contributed by atoms with Gasteiger partial charge in [-0.3, -0.25) is 9.78 Å². The van der Waals surface area contributed by atoms with E-state index in [2.05, 4.69) is 4.98 Å². The van der Waals surface area contributed by atoms with E-state index in [0.29, 0.717) is 17.4 Å². The van der Waals surface area contributed by atoms with Crippen LogP contribution in [0.3, 0.4) is 0 Å². The van der Waals surface area contributed by atoms with Crippen LogP contribution in [0.1, 0.15) is 29.6 Å². The third-order valence-electron chi connectivity index (χ3n) is 4.35. The topological polar surface area (TPSA) is 59.2 Å². The number of carbonyl (C=O) groups is 1. The Morgan fingerprint density at radius 1 is 1.30 bits per heavy atom. The summed E-state index contributed by atoms with van der Waals surface area (Å²) < 4.78 is 0. The monoisotopic (exact) mass is 317 g/mol. The average molecular weight is 318 g/mol. The number of hydrogen-bond acceptors (Lipinski definition) is 3. The van der Waals surface area contributed by atoms with Gasteiger partial charge in [0.25, 0.3) is 5.91 Å². The first-order valence-corrected chi connectivity index (χ1v) is 6.70.